The Morgan fingerprint density at radius 3 is 2.59 bits per heavy atom. The average molecular weight is 300 g/mol. The summed E-state index contributed by atoms with van der Waals surface area (Å²) in [5, 5.41) is 0. The largest absolute Gasteiger partial charge is 0.493 e. The molecule has 0 radical (unpaired) electrons. The van der Waals surface area contributed by atoms with Gasteiger partial charge in [-0.1, -0.05) is 17.7 Å². The highest BCUT2D eigenvalue weighted by Crippen LogP contribution is 2.11. The predicted molar refractivity (Wildman–Crippen MR) is 78.9 cm³/mol. The van der Waals surface area contributed by atoms with Crippen LogP contribution in [0.3, 0.4) is 0 Å². The number of nitrogens with one attached hydrogen (secondary N) is 2. The highest BCUT2D eigenvalue weighted by molar-refractivity contribution is 5.93. The summed E-state index contributed by atoms with van der Waals surface area (Å²) in [6, 6.07) is 7.53. The normalized spacial score (nSPS) is 9.86. The van der Waals surface area contributed by atoms with E-state index in [1.54, 1.807) is 0 Å². The summed E-state index contributed by atoms with van der Waals surface area (Å²) in [6.07, 6.45) is 4.28. The van der Waals surface area contributed by atoms with Gasteiger partial charge < -0.3 is 4.74 Å². The maximum Gasteiger partial charge on any atom is 0.289 e. The molecular formula is C15H16N4O3. The lowest BCUT2D eigenvalue weighted by molar-refractivity contribution is -0.122. The Balaban J connectivity index is 1.68. The van der Waals surface area contributed by atoms with Crippen molar-refractivity contribution in [2.75, 3.05) is 6.61 Å². The zero-order valence-electron chi connectivity index (χ0n) is 12.1. The van der Waals surface area contributed by atoms with Gasteiger partial charge in [-0.3, -0.25) is 25.4 Å². The molecule has 0 saturated heterocycles. The van der Waals surface area contributed by atoms with Gasteiger partial charge in [-0.2, -0.15) is 0 Å². The van der Waals surface area contributed by atoms with Crippen molar-refractivity contribution in [1.82, 2.24) is 20.8 Å². The molecule has 1 aromatic heterocycles. The van der Waals surface area contributed by atoms with Crippen molar-refractivity contribution in [3.63, 3.8) is 0 Å². The second-order valence-electron chi connectivity index (χ2n) is 4.50. The fourth-order valence-electron chi connectivity index (χ4n) is 1.57. The van der Waals surface area contributed by atoms with Gasteiger partial charge in [0.1, 0.15) is 11.4 Å². The number of hydrogen-bond acceptors (Lipinski definition) is 5. The van der Waals surface area contributed by atoms with E-state index < -0.39 is 5.91 Å². The lowest BCUT2D eigenvalue weighted by Crippen LogP contribution is -2.42. The van der Waals surface area contributed by atoms with Crippen LogP contribution in [0.2, 0.25) is 0 Å². The zero-order valence-corrected chi connectivity index (χ0v) is 12.1. The molecule has 0 aliphatic heterocycles. The molecule has 0 fully saturated rings. The molecule has 0 saturated carbocycles. The van der Waals surface area contributed by atoms with Crippen LogP contribution >= 0.6 is 0 Å². The number of hydrogen-bond donors (Lipinski definition) is 2. The molecule has 1 heterocycles. The summed E-state index contributed by atoms with van der Waals surface area (Å²) in [6.45, 7) is 2.20. The Hall–Kier alpha value is -2.96. The molecule has 2 aromatic rings. The van der Waals surface area contributed by atoms with Gasteiger partial charge in [0.05, 0.1) is 19.2 Å². The Morgan fingerprint density at radius 2 is 1.91 bits per heavy atom. The summed E-state index contributed by atoms with van der Waals surface area (Å²) in [4.78, 5) is 30.8. The first kappa shape index (κ1) is 15.4. The predicted octanol–water partition coefficient (Wildman–Crippen LogP) is 1.02. The highest BCUT2D eigenvalue weighted by atomic mass is 16.5. The van der Waals surface area contributed by atoms with Crippen LogP contribution in [-0.4, -0.2) is 28.4 Å². The minimum Gasteiger partial charge on any atom is -0.493 e. The molecule has 2 rings (SSSR count). The topological polar surface area (TPSA) is 93.2 Å². The van der Waals surface area contributed by atoms with E-state index in [4.69, 9.17) is 4.74 Å². The van der Waals surface area contributed by atoms with Crippen molar-refractivity contribution in [3.8, 4) is 5.75 Å². The lowest BCUT2D eigenvalue weighted by atomic mass is 10.2. The molecule has 2 amide bonds. The number of carbonyl (C=O) groups excluding carboxylic acids is 2. The summed E-state index contributed by atoms with van der Waals surface area (Å²) >= 11 is 0. The molecule has 1 aromatic carbocycles. The minimum atomic E-state index is -0.527. The van der Waals surface area contributed by atoms with Gasteiger partial charge in [0.25, 0.3) is 5.91 Å². The van der Waals surface area contributed by atoms with Gasteiger partial charge in [-0.25, -0.2) is 4.98 Å². The molecule has 0 bridgehead atoms. The van der Waals surface area contributed by atoms with Crippen LogP contribution in [0.15, 0.2) is 42.9 Å². The number of ether oxygens (including phenoxy) is 1. The number of amides is 2. The van der Waals surface area contributed by atoms with E-state index >= 15 is 0 Å². The van der Waals surface area contributed by atoms with Gasteiger partial charge in [-0.05, 0) is 19.1 Å². The molecule has 22 heavy (non-hydrogen) atoms. The van der Waals surface area contributed by atoms with E-state index in [0.29, 0.717) is 5.75 Å². The average Bonchev–Trinajstić information content (AvgIpc) is 2.55. The fraction of sp³-hybridized carbons (Fsp3) is 0.200. The van der Waals surface area contributed by atoms with Crippen LogP contribution in [-0.2, 0) is 4.79 Å². The third kappa shape index (κ3) is 4.86. The van der Waals surface area contributed by atoms with Crippen LogP contribution in [0.25, 0.3) is 0 Å². The van der Waals surface area contributed by atoms with Gasteiger partial charge >= 0.3 is 0 Å². The second kappa shape index (κ2) is 7.72. The molecular weight excluding hydrogens is 284 g/mol. The lowest BCUT2D eigenvalue weighted by Gasteiger charge is -2.08. The van der Waals surface area contributed by atoms with Crippen molar-refractivity contribution >= 4 is 11.8 Å². The van der Waals surface area contributed by atoms with Crippen molar-refractivity contribution in [2.45, 2.75) is 13.3 Å². The molecule has 7 heteroatoms. The first-order valence-corrected chi connectivity index (χ1v) is 6.70. The smallest absolute Gasteiger partial charge is 0.289 e. The highest BCUT2D eigenvalue weighted by Gasteiger charge is 2.08. The van der Waals surface area contributed by atoms with Crippen molar-refractivity contribution in [2.24, 2.45) is 0 Å². The first-order valence-electron chi connectivity index (χ1n) is 6.70. The number of aromatic nitrogens is 2. The number of aryl methyl sites for hydroxylation is 1. The maximum atomic E-state index is 11.6. The third-order valence-electron chi connectivity index (χ3n) is 2.73. The van der Waals surface area contributed by atoms with Gasteiger partial charge in [0.2, 0.25) is 5.91 Å². The molecule has 2 N–H and O–H groups in total. The van der Waals surface area contributed by atoms with Gasteiger partial charge in [0, 0.05) is 12.4 Å². The molecule has 7 nitrogen and oxygen atoms in total. The number of carbonyl (C=O) groups is 2. The minimum absolute atomic E-state index is 0.120. The Kier molecular flexibility index (Phi) is 5.42. The first-order chi connectivity index (χ1) is 10.6. The molecule has 0 aliphatic rings. The Morgan fingerprint density at radius 1 is 1.14 bits per heavy atom. The maximum absolute atomic E-state index is 11.6. The number of rotatable bonds is 5. The second-order valence-corrected chi connectivity index (χ2v) is 4.50. The van der Waals surface area contributed by atoms with E-state index in [-0.39, 0.29) is 24.6 Å². The summed E-state index contributed by atoms with van der Waals surface area (Å²) < 4.78 is 5.43. The molecule has 0 aliphatic carbocycles. The number of nitrogens with zero attached hydrogens (tertiary/aromatic N) is 2. The quantitative estimate of drug-likeness (QED) is 0.804. The fourth-order valence-corrected chi connectivity index (χ4v) is 1.57. The van der Waals surface area contributed by atoms with Gasteiger partial charge in [-0.15, -0.1) is 0 Å². The van der Waals surface area contributed by atoms with E-state index in [0.717, 1.165) is 5.56 Å². The van der Waals surface area contributed by atoms with Crippen molar-refractivity contribution in [1.29, 1.82) is 0 Å². The summed E-state index contributed by atoms with van der Waals surface area (Å²) in [7, 11) is 0. The van der Waals surface area contributed by atoms with E-state index in [1.165, 1.54) is 18.6 Å². The zero-order chi connectivity index (χ0) is 15.8. The Labute approximate surface area is 127 Å². The standard InChI is InChI=1S/C15H16N4O3/c1-11-2-4-12(5-3-11)22-9-6-14(20)18-19-15(21)13-10-16-7-8-17-13/h2-5,7-8,10H,6,9H2,1H3,(H,18,20)(H,19,21). The van der Waals surface area contributed by atoms with Crippen LogP contribution in [0.5, 0.6) is 5.75 Å². The van der Waals surface area contributed by atoms with Crippen molar-refractivity contribution < 1.29 is 14.3 Å². The van der Waals surface area contributed by atoms with E-state index in [9.17, 15) is 9.59 Å². The number of hydrazine groups is 1. The van der Waals surface area contributed by atoms with E-state index in [1.807, 2.05) is 31.2 Å². The van der Waals surface area contributed by atoms with Crippen LogP contribution in [0.4, 0.5) is 0 Å². The SMILES string of the molecule is Cc1ccc(OCCC(=O)NNC(=O)c2cnccn2)cc1. The molecule has 114 valence electrons. The monoisotopic (exact) mass is 300 g/mol. The van der Waals surface area contributed by atoms with Crippen molar-refractivity contribution in [3.05, 3.63) is 54.1 Å². The molecule has 0 atom stereocenters. The summed E-state index contributed by atoms with van der Waals surface area (Å²) in [5.74, 6) is -0.188. The number of benzene rings is 1. The van der Waals surface area contributed by atoms with Gasteiger partial charge in [0.15, 0.2) is 0 Å². The van der Waals surface area contributed by atoms with Crippen LogP contribution in [0, 0.1) is 6.92 Å². The van der Waals surface area contributed by atoms with Crippen LogP contribution in [0.1, 0.15) is 22.5 Å². The summed E-state index contributed by atoms with van der Waals surface area (Å²) in [5.41, 5.74) is 5.81. The molecule has 0 unspecified atom stereocenters. The van der Waals surface area contributed by atoms with E-state index in [2.05, 4.69) is 20.8 Å². The van der Waals surface area contributed by atoms with Crippen LogP contribution < -0.4 is 15.6 Å². The Bertz CT molecular complexity index is 629. The molecule has 0 spiro atoms. The third-order valence-corrected chi connectivity index (χ3v) is 2.73.